The normalized spacial score (nSPS) is 12.5. The van der Waals surface area contributed by atoms with Crippen LogP contribution in [0, 0.1) is 0 Å². The number of carbonyl (C=O) groups is 3. The summed E-state index contributed by atoms with van der Waals surface area (Å²) in [5.74, 6) is -0.875. The second-order valence-electron chi connectivity index (χ2n) is 21.3. The van der Waals surface area contributed by atoms with Crippen LogP contribution in [0.1, 0.15) is 323 Å². The number of ether oxygens (including phenoxy) is 3. The molecular weight excluding hydrogens is 913 g/mol. The predicted molar refractivity (Wildman–Crippen MR) is 321 cm³/mol. The fourth-order valence-corrected chi connectivity index (χ4v) is 9.17. The van der Waals surface area contributed by atoms with Crippen molar-refractivity contribution in [1.82, 2.24) is 0 Å². The van der Waals surface area contributed by atoms with Crippen molar-refractivity contribution in [1.29, 1.82) is 0 Å². The van der Waals surface area contributed by atoms with E-state index in [4.69, 9.17) is 14.2 Å². The third kappa shape index (κ3) is 59.7. The Kier molecular flexibility index (Phi) is 59.7. The molecule has 6 nitrogen and oxygen atoms in total. The Morgan fingerprint density at radius 3 is 0.838 bits per heavy atom. The summed E-state index contributed by atoms with van der Waals surface area (Å²) in [6.45, 7) is 6.55. The van der Waals surface area contributed by atoms with Crippen molar-refractivity contribution in [3.8, 4) is 0 Å². The quantitative estimate of drug-likeness (QED) is 0.0261. The van der Waals surface area contributed by atoms with Crippen LogP contribution in [0.25, 0.3) is 0 Å². The molecule has 1 atom stereocenters. The van der Waals surface area contributed by atoms with Crippen LogP contribution < -0.4 is 0 Å². The summed E-state index contributed by atoms with van der Waals surface area (Å²) in [5, 5.41) is 0. The van der Waals surface area contributed by atoms with Crippen LogP contribution in [0.15, 0.2) is 72.9 Å². The van der Waals surface area contributed by atoms with E-state index in [0.717, 1.165) is 103 Å². The monoisotopic (exact) mass is 1030 g/mol. The highest BCUT2D eigenvalue weighted by molar-refractivity contribution is 5.71. The van der Waals surface area contributed by atoms with E-state index < -0.39 is 6.10 Å². The predicted octanol–water partition coefficient (Wildman–Crippen LogP) is 21.7. The molecule has 0 bridgehead atoms. The number of unbranched alkanes of at least 4 members (excludes halogenated alkanes) is 35. The van der Waals surface area contributed by atoms with Crippen LogP contribution >= 0.6 is 0 Å². The molecule has 0 heterocycles. The number of rotatable bonds is 58. The van der Waals surface area contributed by atoms with Crippen molar-refractivity contribution in [2.24, 2.45) is 0 Å². The molecule has 0 aliphatic heterocycles. The van der Waals surface area contributed by atoms with Gasteiger partial charge >= 0.3 is 17.9 Å². The van der Waals surface area contributed by atoms with Crippen molar-refractivity contribution < 1.29 is 28.6 Å². The third-order valence-corrected chi connectivity index (χ3v) is 13.9. The Morgan fingerprint density at radius 2 is 0.527 bits per heavy atom. The molecule has 1 unspecified atom stereocenters. The van der Waals surface area contributed by atoms with E-state index in [-0.39, 0.29) is 31.1 Å². The molecule has 0 aromatic rings. The zero-order valence-electron chi connectivity index (χ0n) is 49.1. The second-order valence-corrected chi connectivity index (χ2v) is 21.3. The maximum atomic E-state index is 12.9. The molecule has 0 amide bonds. The van der Waals surface area contributed by atoms with Crippen LogP contribution in [0.5, 0.6) is 0 Å². The Morgan fingerprint density at radius 1 is 0.284 bits per heavy atom. The molecule has 74 heavy (non-hydrogen) atoms. The summed E-state index contributed by atoms with van der Waals surface area (Å²) in [4.78, 5) is 38.3. The summed E-state index contributed by atoms with van der Waals surface area (Å²) >= 11 is 0. The molecule has 0 rings (SSSR count). The van der Waals surface area contributed by atoms with E-state index in [1.165, 1.54) is 180 Å². The number of esters is 3. The molecule has 0 spiro atoms. The second kappa shape index (κ2) is 62.4. The van der Waals surface area contributed by atoms with E-state index in [1.807, 2.05) is 0 Å². The van der Waals surface area contributed by atoms with Gasteiger partial charge in [-0.1, -0.05) is 286 Å². The first-order chi connectivity index (χ1) is 36.5. The van der Waals surface area contributed by atoms with E-state index in [9.17, 15) is 14.4 Å². The van der Waals surface area contributed by atoms with Gasteiger partial charge in [0.1, 0.15) is 13.2 Å². The van der Waals surface area contributed by atoms with Crippen LogP contribution in [-0.2, 0) is 28.6 Å². The molecule has 0 radical (unpaired) electrons. The molecule has 0 aromatic carbocycles. The fourth-order valence-electron chi connectivity index (χ4n) is 9.17. The number of hydrogen-bond acceptors (Lipinski definition) is 6. The minimum atomic E-state index is -0.780. The van der Waals surface area contributed by atoms with Gasteiger partial charge in [-0.2, -0.15) is 0 Å². The molecule has 0 aliphatic carbocycles. The van der Waals surface area contributed by atoms with E-state index in [1.54, 1.807) is 0 Å². The molecule has 0 aliphatic rings. The van der Waals surface area contributed by atoms with Gasteiger partial charge in [-0.3, -0.25) is 14.4 Å². The van der Waals surface area contributed by atoms with Gasteiger partial charge in [-0.25, -0.2) is 0 Å². The van der Waals surface area contributed by atoms with Gasteiger partial charge in [0.05, 0.1) is 0 Å². The average molecular weight is 1030 g/mol. The van der Waals surface area contributed by atoms with Crippen molar-refractivity contribution >= 4 is 17.9 Å². The van der Waals surface area contributed by atoms with Gasteiger partial charge in [0, 0.05) is 19.3 Å². The number of carbonyl (C=O) groups excluding carboxylic acids is 3. The molecule has 428 valence electrons. The number of hydrogen-bond donors (Lipinski definition) is 0. The molecule has 0 aromatic heterocycles. The van der Waals surface area contributed by atoms with Crippen LogP contribution in [-0.4, -0.2) is 37.2 Å². The lowest BCUT2D eigenvalue weighted by Crippen LogP contribution is -2.30. The highest BCUT2D eigenvalue weighted by Crippen LogP contribution is 2.17. The first-order valence-electron chi connectivity index (χ1n) is 31.9. The van der Waals surface area contributed by atoms with Crippen molar-refractivity contribution in [2.45, 2.75) is 329 Å². The standard InChI is InChI=1S/C68H120O6/c1-4-7-10-13-16-19-22-25-28-30-31-32-33-34-35-36-37-39-40-43-46-49-52-55-58-61-67(70)73-64-65(63-72-66(69)60-57-54-51-48-45-42-27-24-21-18-15-12-9-6-3)74-68(71)62-59-56-53-50-47-44-41-38-29-26-23-20-17-14-11-8-5-2/h7,10,16,19,24-25,27-28,31-32,34-35,65H,4-6,8-9,11-15,17-18,20-23,26,29-30,33,36-64H2,1-3H3/b10-7-,19-16-,27-24-,28-25-,32-31-,35-34-. The van der Waals surface area contributed by atoms with Gasteiger partial charge in [-0.05, 0) is 89.9 Å². The van der Waals surface area contributed by atoms with Crippen LogP contribution in [0.2, 0.25) is 0 Å². The summed E-state index contributed by atoms with van der Waals surface area (Å²) in [5.41, 5.74) is 0. The zero-order chi connectivity index (χ0) is 53.6. The molecule has 0 saturated heterocycles. The number of allylic oxidation sites excluding steroid dienone is 12. The van der Waals surface area contributed by atoms with E-state index in [0.29, 0.717) is 19.3 Å². The highest BCUT2D eigenvalue weighted by atomic mass is 16.6. The first kappa shape index (κ1) is 70.8. The molecule has 6 heteroatoms. The average Bonchev–Trinajstić information content (AvgIpc) is 3.40. The summed E-state index contributed by atoms with van der Waals surface area (Å²) in [7, 11) is 0. The van der Waals surface area contributed by atoms with Crippen LogP contribution in [0.3, 0.4) is 0 Å². The van der Waals surface area contributed by atoms with Gasteiger partial charge < -0.3 is 14.2 Å². The molecular formula is C68H120O6. The fraction of sp³-hybridized carbons (Fsp3) is 0.779. The maximum Gasteiger partial charge on any atom is 0.306 e. The Labute approximate surface area is 459 Å². The Balaban J connectivity index is 4.32. The smallest absolute Gasteiger partial charge is 0.306 e. The summed E-state index contributed by atoms with van der Waals surface area (Å²) in [6, 6.07) is 0. The maximum absolute atomic E-state index is 12.9. The topological polar surface area (TPSA) is 78.9 Å². The van der Waals surface area contributed by atoms with E-state index >= 15 is 0 Å². The molecule has 0 N–H and O–H groups in total. The molecule has 0 fully saturated rings. The first-order valence-corrected chi connectivity index (χ1v) is 31.9. The lowest BCUT2D eigenvalue weighted by molar-refractivity contribution is -0.167. The van der Waals surface area contributed by atoms with Gasteiger partial charge in [0.2, 0.25) is 0 Å². The third-order valence-electron chi connectivity index (χ3n) is 13.9. The molecule has 0 saturated carbocycles. The van der Waals surface area contributed by atoms with Gasteiger partial charge in [0.15, 0.2) is 6.10 Å². The SMILES string of the molecule is CC/C=C\C/C=C\C/C=C\C/C=C\C/C=C\CCCCCCCCCCCC(=O)OCC(COC(=O)CCCCCCC/C=C\CCCCCCC)OC(=O)CCCCCCCCCCCCCCCCCCC. The summed E-state index contributed by atoms with van der Waals surface area (Å²) < 4.78 is 16.9. The Bertz CT molecular complexity index is 1370. The van der Waals surface area contributed by atoms with Crippen molar-refractivity contribution in [3.05, 3.63) is 72.9 Å². The largest absolute Gasteiger partial charge is 0.462 e. The van der Waals surface area contributed by atoms with Crippen molar-refractivity contribution in [3.63, 3.8) is 0 Å². The highest BCUT2D eigenvalue weighted by Gasteiger charge is 2.19. The lowest BCUT2D eigenvalue weighted by Gasteiger charge is -2.18. The minimum absolute atomic E-state index is 0.0781. The minimum Gasteiger partial charge on any atom is -0.462 e. The zero-order valence-corrected chi connectivity index (χ0v) is 49.1. The lowest BCUT2D eigenvalue weighted by atomic mass is 10.0. The van der Waals surface area contributed by atoms with Gasteiger partial charge in [-0.15, -0.1) is 0 Å². The van der Waals surface area contributed by atoms with Crippen molar-refractivity contribution in [2.75, 3.05) is 13.2 Å². The Hall–Kier alpha value is -3.15. The summed E-state index contributed by atoms with van der Waals surface area (Å²) in [6.07, 6.45) is 80.4. The van der Waals surface area contributed by atoms with Crippen LogP contribution in [0.4, 0.5) is 0 Å². The van der Waals surface area contributed by atoms with E-state index in [2.05, 4.69) is 93.7 Å². The van der Waals surface area contributed by atoms with Gasteiger partial charge in [0.25, 0.3) is 0 Å².